The van der Waals surface area contributed by atoms with Crippen molar-refractivity contribution in [3.8, 4) is 29.1 Å². The molecule has 0 fully saturated rings. The van der Waals surface area contributed by atoms with Gasteiger partial charge in [0, 0.05) is 0 Å². The minimum absolute atomic E-state index is 0.0878. The van der Waals surface area contributed by atoms with Gasteiger partial charge in [0.25, 0.3) is 5.91 Å². The number of carbonyl (C=O) groups excluding carboxylic acids is 1. The highest BCUT2D eigenvalue weighted by molar-refractivity contribution is 6.10. The summed E-state index contributed by atoms with van der Waals surface area (Å²) < 4.78 is 21.0. The van der Waals surface area contributed by atoms with Crippen molar-refractivity contribution < 1.29 is 23.7 Å². The highest BCUT2D eigenvalue weighted by Crippen LogP contribution is 2.38. The Labute approximate surface area is 157 Å². The van der Waals surface area contributed by atoms with Gasteiger partial charge in [-0.1, -0.05) is 12.1 Å². The topological polar surface area (TPSA) is 89.8 Å². The molecule has 0 saturated carbocycles. The van der Waals surface area contributed by atoms with Gasteiger partial charge in [-0.15, -0.1) is 0 Å². The van der Waals surface area contributed by atoms with Crippen molar-refractivity contribution in [3.63, 3.8) is 0 Å². The van der Waals surface area contributed by atoms with Gasteiger partial charge in [0.1, 0.15) is 17.4 Å². The number of methoxy groups -OCH3 is 4. The molecule has 0 spiro atoms. The van der Waals surface area contributed by atoms with E-state index in [0.29, 0.717) is 34.2 Å². The molecule has 0 atom stereocenters. The number of hydrogen-bond acceptors (Lipinski definition) is 6. The summed E-state index contributed by atoms with van der Waals surface area (Å²) in [5.41, 5.74) is 0.933. The molecule has 27 heavy (non-hydrogen) atoms. The second-order valence-corrected chi connectivity index (χ2v) is 5.28. The molecule has 7 nitrogen and oxygen atoms in total. The Bertz CT molecular complexity index is 874. The van der Waals surface area contributed by atoms with E-state index in [0.717, 1.165) is 0 Å². The van der Waals surface area contributed by atoms with E-state index >= 15 is 0 Å². The van der Waals surface area contributed by atoms with Crippen LogP contribution in [0, 0.1) is 11.3 Å². The number of carbonyl (C=O) groups is 1. The van der Waals surface area contributed by atoms with Gasteiger partial charge < -0.3 is 24.3 Å². The first-order valence-electron chi connectivity index (χ1n) is 7.94. The van der Waals surface area contributed by atoms with Crippen LogP contribution < -0.4 is 24.3 Å². The zero-order valence-corrected chi connectivity index (χ0v) is 15.5. The third-order valence-corrected chi connectivity index (χ3v) is 3.72. The number of ether oxygens (including phenoxy) is 4. The van der Waals surface area contributed by atoms with Crippen LogP contribution in [0.25, 0.3) is 6.08 Å². The smallest absolute Gasteiger partial charge is 0.266 e. The molecule has 2 aromatic carbocycles. The molecule has 0 aliphatic rings. The lowest BCUT2D eigenvalue weighted by molar-refractivity contribution is -0.112. The lowest BCUT2D eigenvalue weighted by Crippen LogP contribution is -2.14. The fraction of sp³-hybridized carbons (Fsp3) is 0.200. The van der Waals surface area contributed by atoms with Crippen LogP contribution in [-0.2, 0) is 4.79 Å². The largest absolute Gasteiger partial charge is 0.495 e. The Hall–Kier alpha value is -3.66. The van der Waals surface area contributed by atoms with Crippen molar-refractivity contribution >= 4 is 17.7 Å². The van der Waals surface area contributed by atoms with Crippen molar-refractivity contribution in [1.82, 2.24) is 0 Å². The predicted octanol–water partition coefficient (Wildman–Crippen LogP) is 3.27. The zero-order chi connectivity index (χ0) is 19.8. The summed E-state index contributed by atoms with van der Waals surface area (Å²) >= 11 is 0. The predicted molar refractivity (Wildman–Crippen MR) is 101 cm³/mol. The second kappa shape index (κ2) is 9.15. The number of nitrogens with one attached hydrogen (secondary N) is 1. The number of anilines is 1. The third-order valence-electron chi connectivity index (χ3n) is 3.72. The molecular formula is C20H20N2O5. The van der Waals surface area contributed by atoms with E-state index in [1.165, 1.54) is 34.5 Å². The molecule has 2 aromatic rings. The Morgan fingerprint density at radius 1 is 0.963 bits per heavy atom. The minimum Gasteiger partial charge on any atom is -0.495 e. The molecule has 140 valence electrons. The van der Waals surface area contributed by atoms with Gasteiger partial charge >= 0.3 is 0 Å². The van der Waals surface area contributed by atoms with E-state index in [4.69, 9.17) is 18.9 Å². The van der Waals surface area contributed by atoms with Crippen LogP contribution in [0.3, 0.4) is 0 Å². The van der Waals surface area contributed by atoms with Gasteiger partial charge in [0.05, 0.1) is 34.1 Å². The molecular weight excluding hydrogens is 348 g/mol. The van der Waals surface area contributed by atoms with Crippen molar-refractivity contribution in [2.45, 2.75) is 0 Å². The molecule has 1 N–H and O–H groups in total. The summed E-state index contributed by atoms with van der Waals surface area (Å²) in [6, 6.07) is 12.1. The summed E-state index contributed by atoms with van der Waals surface area (Å²) in [5, 5.41) is 12.1. The molecule has 0 saturated heterocycles. The molecule has 7 heteroatoms. The average molecular weight is 368 g/mol. The van der Waals surface area contributed by atoms with Crippen LogP contribution >= 0.6 is 0 Å². The summed E-state index contributed by atoms with van der Waals surface area (Å²) in [7, 11) is 5.98. The van der Waals surface area contributed by atoms with E-state index in [9.17, 15) is 10.1 Å². The molecule has 0 aromatic heterocycles. The van der Waals surface area contributed by atoms with Crippen molar-refractivity contribution in [2.24, 2.45) is 0 Å². The van der Waals surface area contributed by atoms with E-state index in [-0.39, 0.29) is 5.57 Å². The van der Waals surface area contributed by atoms with Gasteiger partial charge in [-0.25, -0.2) is 0 Å². The van der Waals surface area contributed by atoms with Gasteiger partial charge in [0.2, 0.25) is 5.75 Å². The third kappa shape index (κ3) is 4.50. The second-order valence-electron chi connectivity index (χ2n) is 5.28. The SMILES string of the molecule is COc1ccccc1NC(=O)/C(C#N)=C/c1cc(OC)c(OC)c(OC)c1. The summed E-state index contributed by atoms with van der Waals surface area (Å²) in [5.74, 6) is 1.21. The van der Waals surface area contributed by atoms with Gasteiger partial charge in [-0.05, 0) is 35.9 Å². The molecule has 0 bridgehead atoms. The van der Waals surface area contributed by atoms with E-state index in [1.54, 1.807) is 36.4 Å². The highest BCUT2D eigenvalue weighted by atomic mass is 16.5. The lowest BCUT2D eigenvalue weighted by atomic mass is 10.1. The number of nitrogens with zero attached hydrogens (tertiary/aromatic N) is 1. The van der Waals surface area contributed by atoms with Crippen LogP contribution in [0.2, 0.25) is 0 Å². The van der Waals surface area contributed by atoms with Crippen LogP contribution in [0.4, 0.5) is 5.69 Å². The van der Waals surface area contributed by atoms with Crippen LogP contribution in [0.1, 0.15) is 5.56 Å². The first kappa shape index (κ1) is 19.7. The van der Waals surface area contributed by atoms with Crippen LogP contribution in [-0.4, -0.2) is 34.3 Å². The van der Waals surface area contributed by atoms with E-state index in [2.05, 4.69) is 5.32 Å². The maximum absolute atomic E-state index is 12.5. The van der Waals surface area contributed by atoms with Crippen molar-refractivity contribution in [3.05, 3.63) is 47.5 Å². The first-order valence-corrected chi connectivity index (χ1v) is 7.94. The standard InChI is InChI=1S/C20H20N2O5/c1-24-16-8-6-5-7-15(16)22-20(23)14(12-21)9-13-10-17(25-2)19(27-4)18(11-13)26-3/h5-11H,1-4H3,(H,22,23)/b14-9+. The van der Waals surface area contributed by atoms with Crippen LogP contribution in [0.15, 0.2) is 42.0 Å². The summed E-state index contributed by atoms with van der Waals surface area (Å²) in [6.07, 6.45) is 1.44. The molecule has 0 radical (unpaired) electrons. The summed E-state index contributed by atoms with van der Waals surface area (Å²) in [6.45, 7) is 0. The minimum atomic E-state index is -0.559. The fourth-order valence-corrected chi connectivity index (χ4v) is 2.44. The lowest BCUT2D eigenvalue weighted by Gasteiger charge is -2.13. The number of para-hydroxylation sites is 2. The van der Waals surface area contributed by atoms with Crippen molar-refractivity contribution in [1.29, 1.82) is 5.26 Å². The Balaban J connectivity index is 2.38. The molecule has 0 unspecified atom stereocenters. The van der Waals surface area contributed by atoms with Gasteiger partial charge in [-0.3, -0.25) is 4.79 Å². The number of benzene rings is 2. The fourth-order valence-electron chi connectivity index (χ4n) is 2.44. The normalized spacial score (nSPS) is 10.6. The first-order chi connectivity index (χ1) is 13.1. The Kier molecular flexibility index (Phi) is 6.67. The maximum Gasteiger partial charge on any atom is 0.266 e. The Morgan fingerprint density at radius 2 is 1.56 bits per heavy atom. The summed E-state index contributed by atoms with van der Waals surface area (Å²) in [4.78, 5) is 12.5. The van der Waals surface area contributed by atoms with Crippen LogP contribution in [0.5, 0.6) is 23.0 Å². The number of nitriles is 1. The monoisotopic (exact) mass is 368 g/mol. The number of rotatable bonds is 7. The highest BCUT2D eigenvalue weighted by Gasteiger charge is 2.15. The average Bonchev–Trinajstić information content (AvgIpc) is 2.71. The zero-order valence-electron chi connectivity index (χ0n) is 15.5. The molecule has 0 aliphatic heterocycles. The molecule has 0 heterocycles. The maximum atomic E-state index is 12.5. The van der Waals surface area contributed by atoms with Gasteiger partial charge in [0.15, 0.2) is 11.5 Å². The van der Waals surface area contributed by atoms with E-state index < -0.39 is 5.91 Å². The Morgan fingerprint density at radius 3 is 2.07 bits per heavy atom. The molecule has 2 rings (SSSR count). The van der Waals surface area contributed by atoms with E-state index in [1.807, 2.05) is 6.07 Å². The number of hydrogen-bond donors (Lipinski definition) is 1. The number of amides is 1. The molecule has 1 amide bonds. The van der Waals surface area contributed by atoms with Crippen molar-refractivity contribution in [2.75, 3.05) is 33.8 Å². The quantitative estimate of drug-likeness (QED) is 0.596. The molecule has 0 aliphatic carbocycles. The van der Waals surface area contributed by atoms with Gasteiger partial charge in [-0.2, -0.15) is 5.26 Å².